The normalized spacial score (nSPS) is 9.43. The Balaban J connectivity index is -0.000000605. The molecule has 0 atom stereocenters. The Morgan fingerprint density at radius 2 is 1.86 bits per heavy atom. The summed E-state index contributed by atoms with van der Waals surface area (Å²) in [5.41, 5.74) is 5.18. The molecule has 0 aromatic heterocycles. The summed E-state index contributed by atoms with van der Waals surface area (Å²) in [6.07, 6.45) is 0.782. The first kappa shape index (κ1) is 19.4. The highest BCUT2D eigenvalue weighted by molar-refractivity contribution is 5.85. The minimum Gasteiger partial charge on any atom is -0.338 e. The third kappa shape index (κ3) is 9.89. The number of hydrogen-bond donors (Lipinski definition) is 3. The summed E-state index contributed by atoms with van der Waals surface area (Å²) >= 11 is 0. The highest BCUT2D eigenvalue weighted by Crippen LogP contribution is 2.05. The molecule has 88 valence electrons. The first-order valence-corrected chi connectivity index (χ1v) is 4.28. The number of rotatable bonds is 4. The van der Waals surface area contributed by atoms with Gasteiger partial charge < -0.3 is 16.4 Å². The van der Waals surface area contributed by atoms with Crippen LogP contribution in [0.1, 0.15) is 27.2 Å². The van der Waals surface area contributed by atoms with E-state index >= 15 is 0 Å². The van der Waals surface area contributed by atoms with Crippen molar-refractivity contribution in [2.75, 3.05) is 13.1 Å². The lowest BCUT2D eigenvalue weighted by Crippen LogP contribution is -2.49. The van der Waals surface area contributed by atoms with E-state index in [0.717, 1.165) is 6.42 Å². The zero-order valence-electron chi connectivity index (χ0n) is 8.92. The molecule has 0 saturated heterocycles. The van der Waals surface area contributed by atoms with Crippen LogP contribution in [-0.2, 0) is 0 Å². The van der Waals surface area contributed by atoms with Crippen LogP contribution in [0.15, 0.2) is 0 Å². The predicted molar refractivity (Wildman–Crippen MR) is 64.5 cm³/mol. The zero-order valence-corrected chi connectivity index (χ0v) is 10.6. The number of carbonyl (C=O) groups is 1. The van der Waals surface area contributed by atoms with Crippen LogP contribution in [0.5, 0.6) is 0 Å². The van der Waals surface area contributed by atoms with Crippen LogP contribution in [0, 0.1) is 0 Å². The first-order valence-electron chi connectivity index (χ1n) is 4.28. The molecule has 0 saturated carbocycles. The van der Waals surface area contributed by atoms with Gasteiger partial charge in [-0.2, -0.15) is 0 Å². The molecule has 0 rings (SSSR count). The van der Waals surface area contributed by atoms with E-state index in [9.17, 15) is 4.79 Å². The zero-order chi connectivity index (χ0) is 9.61. The number of nitrogens with one attached hydrogen (secondary N) is 2. The van der Waals surface area contributed by atoms with Crippen LogP contribution < -0.4 is 16.4 Å². The number of halogens is 2. The molecule has 2 amide bonds. The van der Waals surface area contributed by atoms with Gasteiger partial charge in [0.25, 0.3) is 0 Å². The summed E-state index contributed by atoms with van der Waals surface area (Å²) in [5, 5.41) is 5.50. The van der Waals surface area contributed by atoms with Crippen molar-refractivity contribution in [3.05, 3.63) is 0 Å². The van der Waals surface area contributed by atoms with Crippen molar-refractivity contribution < 1.29 is 4.79 Å². The molecule has 0 radical (unpaired) electrons. The fourth-order valence-electron chi connectivity index (χ4n) is 0.935. The lowest BCUT2D eigenvalue weighted by Gasteiger charge is -2.25. The van der Waals surface area contributed by atoms with Gasteiger partial charge in [0.05, 0.1) is 0 Å². The maximum atomic E-state index is 11.1. The number of urea groups is 1. The molecular formula is C8H21Cl2N3O. The van der Waals surface area contributed by atoms with Gasteiger partial charge in [-0.25, -0.2) is 4.79 Å². The molecule has 4 N–H and O–H groups in total. The molecule has 14 heavy (non-hydrogen) atoms. The van der Waals surface area contributed by atoms with Crippen LogP contribution in [0.2, 0.25) is 0 Å². The molecule has 6 heteroatoms. The standard InChI is InChI=1S/C8H19N3O.2ClH/c1-4-10-7(12)11-8(2,3)5-6-9;;/h4-6,9H2,1-3H3,(H2,10,11,12);2*1H. The Hall–Kier alpha value is -0.190. The molecule has 0 aliphatic rings. The number of carbonyl (C=O) groups excluding carboxylic acids is 1. The van der Waals surface area contributed by atoms with Gasteiger partial charge in [0, 0.05) is 12.1 Å². The predicted octanol–water partition coefficient (Wildman–Crippen LogP) is 1.28. The average molecular weight is 246 g/mol. The Kier molecular flexibility index (Phi) is 13.0. The van der Waals surface area contributed by atoms with E-state index in [4.69, 9.17) is 5.73 Å². The third-order valence-electron chi connectivity index (χ3n) is 1.56. The summed E-state index contributed by atoms with van der Waals surface area (Å²) in [5.74, 6) is 0. The molecular weight excluding hydrogens is 225 g/mol. The lowest BCUT2D eigenvalue weighted by molar-refractivity contribution is 0.229. The molecule has 0 heterocycles. The van der Waals surface area contributed by atoms with Crippen LogP contribution in [-0.4, -0.2) is 24.7 Å². The molecule has 0 aliphatic carbocycles. The topological polar surface area (TPSA) is 67.2 Å². The van der Waals surface area contributed by atoms with E-state index in [1.165, 1.54) is 0 Å². The van der Waals surface area contributed by atoms with Crippen molar-refractivity contribution in [2.45, 2.75) is 32.7 Å². The Morgan fingerprint density at radius 3 is 2.21 bits per heavy atom. The second kappa shape index (κ2) is 9.37. The number of hydrogen-bond acceptors (Lipinski definition) is 2. The molecule has 4 nitrogen and oxygen atoms in total. The molecule has 0 spiro atoms. The molecule has 0 aromatic carbocycles. The van der Waals surface area contributed by atoms with Crippen molar-refractivity contribution >= 4 is 30.8 Å². The van der Waals surface area contributed by atoms with Crippen molar-refractivity contribution in [2.24, 2.45) is 5.73 Å². The van der Waals surface area contributed by atoms with Gasteiger partial charge in [-0.3, -0.25) is 0 Å². The average Bonchev–Trinajstić information content (AvgIpc) is 1.85. The monoisotopic (exact) mass is 245 g/mol. The van der Waals surface area contributed by atoms with Crippen LogP contribution in [0.3, 0.4) is 0 Å². The Morgan fingerprint density at radius 1 is 1.36 bits per heavy atom. The largest absolute Gasteiger partial charge is 0.338 e. The first-order chi connectivity index (χ1) is 5.52. The van der Waals surface area contributed by atoms with Gasteiger partial charge >= 0.3 is 6.03 Å². The van der Waals surface area contributed by atoms with Crippen LogP contribution in [0.4, 0.5) is 4.79 Å². The summed E-state index contributed by atoms with van der Waals surface area (Å²) < 4.78 is 0. The SMILES string of the molecule is CCNC(=O)NC(C)(C)CCN.Cl.Cl. The van der Waals surface area contributed by atoms with E-state index in [1.54, 1.807) is 0 Å². The minimum absolute atomic E-state index is 0. The van der Waals surface area contributed by atoms with E-state index in [0.29, 0.717) is 13.1 Å². The minimum atomic E-state index is -0.214. The van der Waals surface area contributed by atoms with Gasteiger partial charge in [-0.05, 0) is 33.7 Å². The van der Waals surface area contributed by atoms with E-state index < -0.39 is 0 Å². The Labute approximate surface area is 98.2 Å². The molecule has 0 fully saturated rings. The highest BCUT2D eigenvalue weighted by Gasteiger charge is 2.18. The lowest BCUT2D eigenvalue weighted by atomic mass is 10.0. The van der Waals surface area contributed by atoms with Gasteiger partial charge in [0.2, 0.25) is 0 Å². The fraction of sp³-hybridized carbons (Fsp3) is 0.875. The van der Waals surface area contributed by atoms with Crippen molar-refractivity contribution in [3.63, 3.8) is 0 Å². The molecule has 0 aliphatic heterocycles. The molecule has 0 bridgehead atoms. The third-order valence-corrected chi connectivity index (χ3v) is 1.56. The quantitative estimate of drug-likeness (QED) is 0.699. The molecule has 0 unspecified atom stereocenters. The van der Waals surface area contributed by atoms with Crippen molar-refractivity contribution in [3.8, 4) is 0 Å². The summed E-state index contributed by atoms with van der Waals surface area (Å²) in [4.78, 5) is 11.1. The van der Waals surface area contributed by atoms with Gasteiger partial charge in [0.1, 0.15) is 0 Å². The van der Waals surface area contributed by atoms with Gasteiger partial charge in [0.15, 0.2) is 0 Å². The van der Waals surface area contributed by atoms with Crippen molar-refractivity contribution in [1.82, 2.24) is 10.6 Å². The molecule has 0 aromatic rings. The second-order valence-corrected chi connectivity index (χ2v) is 3.41. The second-order valence-electron chi connectivity index (χ2n) is 3.41. The maximum absolute atomic E-state index is 11.1. The smallest absolute Gasteiger partial charge is 0.315 e. The fourth-order valence-corrected chi connectivity index (χ4v) is 0.935. The van der Waals surface area contributed by atoms with Gasteiger partial charge in [-0.1, -0.05) is 0 Å². The van der Waals surface area contributed by atoms with Crippen LogP contribution in [0.25, 0.3) is 0 Å². The summed E-state index contributed by atoms with van der Waals surface area (Å²) in [6.45, 7) is 7.02. The Bertz CT molecular complexity index is 154. The number of nitrogens with two attached hydrogens (primary N) is 1. The van der Waals surface area contributed by atoms with Crippen molar-refractivity contribution in [1.29, 1.82) is 0 Å². The van der Waals surface area contributed by atoms with E-state index in [2.05, 4.69) is 10.6 Å². The van der Waals surface area contributed by atoms with Gasteiger partial charge in [-0.15, -0.1) is 24.8 Å². The van der Waals surface area contributed by atoms with Crippen LogP contribution >= 0.6 is 24.8 Å². The van der Waals surface area contributed by atoms with E-state index in [-0.39, 0.29) is 36.4 Å². The number of amides is 2. The maximum Gasteiger partial charge on any atom is 0.315 e. The highest BCUT2D eigenvalue weighted by atomic mass is 35.5. The van der Waals surface area contributed by atoms with E-state index in [1.807, 2.05) is 20.8 Å². The summed E-state index contributed by atoms with van der Waals surface area (Å²) in [7, 11) is 0. The summed E-state index contributed by atoms with van der Waals surface area (Å²) in [6, 6.07) is -0.129.